The van der Waals surface area contributed by atoms with Gasteiger partial charge in [-0.1, -0.05) is 6.92 Å². The Hall–Kier alpha value is -1.88. The fraction of sp³-hybridized carbons (Fsp3) is 0.250. The summed E-state index contributed by atoms with van der Waals surface area (Å²) in [5, 5.41) is 2.98. The van der Waals surface area contributed by atoms with Crippen LogP contribution in [0.25, 0.3) is 0 Å². The topological polar surface area (TPSA) is 12.0 Å². The summed E-state index contributed by atoms with van der Waals surface area (Å²) in [6.45, 7) is 2.40. The highest BCUT2D eigenvalue weighted by Gasteiger charge is 2.19. The number of nitrogens with one attached hydrogen (secondary N) is 1. The SMILES string of the molecule is CCCNC(c1cc(F)cc(F)c1)c1cc(F)ccc1F. The van der Waals surface area contributed by atoms with E-state index >= 15 is 0 Å². The summed E-state index contributed by atoms with van der Waals surface area (Å²) in [5.74, 6) is -2.75. The summed E-state index contributed by atoms with van der Waals surface area (Å²) in [4.78, 5) is 0. The van der Waals surface area contributed by atoms with E-state index in [0.717, 1.165) is 42.8 Å². The van der Waals surface area contributed by atoms with Crippen LogP contribution in [0.1, 0.15) is 30.5 Å². The van der Waals surface area contributed by atoms with Gasteiger partial charge < -0.3 is 5.32 Å². The van der Waals surface area contributed by atoms with Crippen LogP contribution in [-0.4, -0.2) is 6.54 Å². The lowest BCUT2D eigenvalue weighted by atomic mass is 9.97. The zero-order valence-corrected chi connectivity index (χ0v) is 11.5. The van der Waals surface area contributed by atoms with Crippen LogP contribution in [0.2, 0.25) is 0 Å². The average molecular weight is 297 g/mol. The fourth-order valence-corrected chi connectivity index (χ4v) is 2.17. The predicted octanol–water partition coefficient (Wildman–Crippen LogP) is 4.33. The van der Waals surface area contributed by atoms with Gasteiger partial charge in [0.1, 0.15) is 23.3 Å². The molecule has 0 heterocycles. The molecular formula is C16H15F4N. The van der Waals surface area contributed by atoms with Crippen molar-refractivity contribution in [2.45, 2.75) is 19.4 Å². The second-order valence-electron chi connectivity index (χ2n) is 4.76. The first-order chi connectivity index (χ1) is 10.0. The van der Waals surface area contributed by atoms with Crippen molar-refractivity contribution in [2.75, 3.05) is 6.54 Å². The standard InChI is InChI=1S/C16H15F4N/c1-2-5-21-16(10-6-12(18)8-13(19)7-10)14-9-11(17)3-4-15(14)20/h3-4,6-9,16,21H,2,5H2,1H3. The van der Waals surface area contributed by atoms with E-state index in [0.29, 0.717) is 6.54 Å². The summed E-state index contributed by atoms with van der Waals surface area (Å²) in [7, 11) is 0. The molecule has 1 unspecified atom stereocenters. The number of benzene rings is 2. The lowest BCUT2D eigenvalue weighted by Gasteiger charge is -2.20. The molecule has 0 aromatic heterocycles. The van der Waals surface area contributed by atoms with Crippen LogP contribution in [-0.2, 0) is 0 Å². The fourth-order valence-electron chi connectivity index (χ4n) is 2.17. The third kappa shape index (κ3) is 3.82. The normalized spacial score (nSPS) is 12.4. The molecule has 2 aromatic carbocycles. The monoisotopic (exact) mass is 297 g/mol. The van der Waals surface area contributed by atoms with Crippen molar-refractivity contribution < 1.29 is 17.6 Å². The maximum absolute atomic E-state index is 13.9. The minimum atomic E-state index is -0.814. The van der Waals surface area contributed by atoms with E-state index in [1.165, 1.54) is 0 Å². The van der Waals surface area contributed by atoms with Gasteiger partial charge in [-0.15, -0.1) is 0 Å². The minimum Gasteiger partial charge on any atom is -0.306 e. The van der Waals surface area contributed by atoms with Gasteiger partial charge in [0.05, 0.1) is 6.04 Å². The summed E-state index contributed by atoms with van der Waals surface area (Å²) < 4.78 is 54.0. The molecule has 5 heteroatoms. The Kier molecular flexibility index (Phi) is 4.96. The number of hydrogen-bond acceptors (Lipinski definition) is 1. The van der Waals surface area contributed by atoms with Crippen LogP contribution < -0.4 is 5.32 Å². The van der Waals surface area contributed by atoms with Crippen molar-refractivity contribution in [2.24, 2.45) is 0 Å². The quantitative estimate of drug-likeness (QED) is 0.810. The molecule has 0 saturated heterocycles. The lowest BCUT2D eigenvalue weighted by Crippen LogP contribution is -2.24. The van der Waals surface area contributed by atoms with Crippen LogP contribution in [0.3, 0.4) is 0 Å². The Labute approximate surface area is 120 Å². The molecule has 1 nitrogen and oxygen atoms in total. The molecule has 1 atom stereocenters. The first-order valence-corrected chi connectivity index (χ1v) is 6.65. The van der Waals surface area contributed by atoms with Crippen molar-refractivity contribution in [1.82, 2.24) is 5.32 Å². The van der Waals surface area contributed by atoms with E-state index in [2.05, 4.69) is 5.32 Å². The first-order valence-electron chi connectivity index (χ1n) is 6.65. The van der Waals surface area contributed by atoms with Crippen molar-refractivity contribution in [3.8, 4) is 0 Å². The molecule has 2 aromatic rings. The molecular weight excluding hydrogens is 282 g/mol. The van der Waals surface area contributed by atoms with Crippen molar-refractivity contribution in [1.29, 1.82) is 0 Å². The van der Waals surface area contributed by atoms with Crippen LogP contribution >= 0.6 is 0 Å². The molecule has 0 fully saturated rings. The second-order valence-corrected chi connectivity index (χ2v) is 4.76. The van der Waals surface area contributed by atoms with E-state index < -0.39 is 29.3 Å². The highest BCUT2D eigenvalue weighted by Crippen LogP contribution is 2.26. The Morgan fingerprint density at radius 2 is 1.57 bits per heavy atom. The van der Waals surface area contributed by atoms with Gasteiger partial charge in [0, 0.05) is 11.6 Å². The van der Waals surface area contributed by atoms with Gasteiger partial charge in [-0.3, -0.25) is 0 Å². The Morgan fingerprint density at radius 3 is 2.19 bits per heavy atom. The summed E-state index contributed by atoms with van der Waals surface area (Å²) in [6.07, 6.45) is 0.741. The molecule has 0 bridgehead atoms. The van der Waals surface area contributed by atoms with Gasteiger partial charge in [-0.2, -0.15) is 0 Å². The predicted molar refractivity (Wildman–Crippen MR) is 72.9 cm³/mol. The van der Waals surface area contributed by atoms with E-state index in [-0.39, 0.29) is 11.1 Å². The zero-order valence-electron chi connectivity index (χ0n) is 11.5. The average Bonchev–Trinajstić information content (AvgIpc) is 2.42. The summed E-state index contributed by atoms with van der Waals surface area (Å²) in [6, 6.07) is 5.18. The number of rotatable bonds is 5. The van der Waals surface area contributed by atoms with Gasteiger partial charge in [0.2, 0.25) is 0 Å². The zero-order chi connectivity index (χ0) is 15.4. The third-order valence-corrected chi connectivity index (χ3v) is 3.09. The van der Waals surface area contributed by atoms with Gasteiger partial charge >= 0.3 is 0 Å². The number of halogens is 4. The molecule has 2 rings (SSSR count). The molecule has 112 valence electrons. The van der Waals surface area contributed by atoms with E-state index in [1.54, 1.807) is 0 Å². The smallest absolute Gasteiger partial charge is 0.128 e. The van der Waals surface area contributed by atoms with Crippen LogP contribution in [0, 0.1) is 23.3 Å². The molecule has 0 aliphatic rings. The number of hydrogen-bond donors (Lipinski definition) is 1. The lowest BCUT2D eigenvalue weighted by molar-refractivity contribution is 0.525. The van der Waals surface area contributed by atoms with Crippen LogP contribution in [0.5, 0.6) is 0 Å². The van der Waals surface area contributed by atoms with E-state index in [9.17, 15) is 17.6 Å². The molecule has 21 heavy (non-hydrogen) atoms. The third-order valence-electron chi connectivity index (χ3n) is 3.09. The highest BCUT2D eigenvalue weighted by molar-refractivity contribution is 5.33. The molecule has 0 spiro atoms. The molecule has 0 radical (unpaired) electrons. The molecule has 0 aliphatic heterocycles. The Balaban J connectivity index is 2.49. The van der Waals surface area contributed by atoms with Crippen molar-refractivity contribution in [3.05, 3.63) is 70.8 Å². The molecule has 0 amide bonds. The van der Waals surface area contributed by atoms with Gasteiger partial charge in [-0.05, 0) is 48.9 Å². The van der Waals surface area contributed by atoms with Gasteiger partial charge in [-0.25, -0.2) is 17.6 Å². The van der Waals surface area contributed by atoms with E-state index in [1.807, 2.05) is 6.92 Å². The highest BCUT2D eigenvalue weighted by atomic mass is 19.1. The second kappa shape index (κ2) is 6.72. The van der Waals surface area contributed by atoms with Gasteiger partial charge in [0.25, 0.3) is 0 Å². The Bertz CT molecular complexity index is 607. The molecule has 0 saturated carbocycles. The maximum Gasteiger partial charge on any atom is 0.128 e. The molecule has 0 aliphatic carbocycles. The van der Waals surface area contributed by atoms with E-state index in [4.69, 9.17) is 0 Å². The van der Waals surface area contributed by atoms with Crippen molar-refractivity contribution >= 4 is 0 Å². The molecule has 1 N–H and O–H groups in total. The Morgan fingerprint density at radius 1 is 0.905 bits per heavy atom. The van der Waals surface area contributed by atoms with Crippen LogP contribution in [0.4, 0.5) is 17.6 Å². The van der Waals surface area contributed by atoms with Crippen LogP contribution in [0.15, 0.2) is 36.4 Å². The summed E-state index contributed by atoms with van der Waals surface area (Å²) >= 11 is 0. The largest absolute Gasteiger partial charge is 0.306 e. The van der Waals surface area contributed by atoms with Gasteiger partial charge in [0.15, 0.2) is 0 Å². The maximum atomic E-state index is 13.9. The first kappa shape index (κ1) is 15.5. The minimum absolute atomic E-state index is 0.0217. The summed E-state index contributed by atoms with van der Waals surface area (Å²) in [5.41, 5.74) is 0.235. The van der Waals surface area contributed by atoms with Crippen molar-refractivity contribution in [3.63, 3.8) is 0 Å².